The number of aromatic nitrogens is 2. The molecule has 8 heteroatoms. The van der Waals surface area contributed by atoms with Crippen LogP contribution in [0, 0.1) is 0 Å². The van der Waals surface area contributed by atoms with Gasteiger partial charge >= 0.3 is 5.76 Å². The number of benzene rings is 1. The van der Waals surface area contributed by atoms with Crippen LogP contribution in [0.25, 0.3) is 11.7 Å². The number of hydrogen-bond donors (Lipinski definition) is 1. The molecule has 0 fully saturated rings. The van der Waals surface area contributed by atoms with Crippen LogP contribution in [0.3, 0.4) is 0 Å². The molecule has 3 aromatic rings. The summed E-state index contributed by atoms with van der Waals surface area (Å²) in [6, 6.07) is 8.78. The Balaban J connectivity index is 1.76. The van der Waals surface area contributed by atoms with Crippen molar-refractivity contribution in [3.63, 3.8) is 0 Å². The van der Waals surface area contributed by atoms with Crippen molar-refractivity contribution in [2.45, 2.75) is 19.9 Å². The van der Waals surface area contributed by atoms with Crippen LogP contribution in [0.4, 0.5) is 5.69 Å². The van der Waals surface area contributed by atoms with Crippen LogP contribution in [0.2, 0.25) is 0 Å². The van der Waals surface area contributed by atoms with Crippen LogP contribution in [0.15, 0.2) is 56.3 Å². The minimum absolute atomic E-state index is 0.000427. The van der Waals surface area contributed by atoms with Crippen molar-refractivity contribution >= 4 is 17.4 Å². The lowest BCUT2D eigenvalue weighted by Gasteiger charge is -2.11. The van der Waals surface area contributed by atoms with Crippen molar-refractivity contribution in [3.8, 4) is 11.7 Å². The van der Waals surface area contributed by atoms with Gasteiger partial charge in [0.1, 0.15) is 6.04 Å². The Labute approximate surface area is 142 Å². The molecule has 3 rings (SSSR count). The van der Waals surface area contributed by atoms with E-state index in [4.69, 9.17) is 8.83 Å². The maximum atomic E-state index is 12.3. The Morgan fingerprint density at radius 1 is 1.20 bits per heavy atom. The zero-order valence-electron chi connectivity index (χ0n) is 13.6. The first kappa shape index (κ1) is 16.4. The number of hydrogen-bond acceptors (Lipinski definition) is 6. The Kier molecular flexibility index (Phi) is 4.34. The molecule has 0 saturated carbocycles. The smallest absolute Gasteiger partial charge is 0.438 e. The summed E-state index contributed by atoms with van der Waals surface area (Å²) in [4.78, 5) is 35.5. The van der Waals surface area contributed by atoms with Crippen LogP contribution in [0.5, 0.6) is 0 Å². The molecular formula is C17H15N3O5. The summed E-state index contributed by atoms with van der Waals surface area (Å²) in [7, 11) is 0. The molecule has 0 unspecified atom stereocenters. The van der Waals surface area contributed by atoms with E-state index >= 15 is 0 Å². The van der Waals surface area contributed by atoms with Crippen molar-refractivity contribution in [1.82, 2.24) is 9.78 Å². The number of nitrogens with one attached hydrogen (secondary N) is 1. The van der Waals surface area contributed by atoms with E-state index in [0.717, 1.165) is 4.68 Å². The monoisotopic (exact) mass is 341 g/mol. The van der Waals surface area contributed by atoms with E-state index < -0.39 is 17.7 Å². The van der Waals surface area contributed by atoms with Crippen LogP contribution < -0.4 is 11.1 Å². The lowest BCUT2D eigenvalue weighted by Crippen LogP contribution is -2.30. The third-order valence-corrected chi connectivity index (χ3v) is 3.61. The fourth-order valence-corrected chi connectivity index (χ4v) is 2.18. The highest BCUT2D eigenvalue weighted by Gasteiger charge is 2.22. The molecule has 0 aliphatic heterocycles. The molecule has 0 aliphatic carbocycles. The minimum Gasteiger partial charge on any atom is -0.459 e. The van der Waals surface area contributed by atoms with E-state index in [9.17, 15) is 14.4 Å². The molecule has 0 bridgehead atoms. The van der Waals surface area contributed by atoms with Gasteiger partial charge in [0.05, 0.1) is 6.26 Å². The maximum absolute atomic E-state index is 12.3. The first-order valence-electron chi connectivity index (χ1n) is 7.51. The average Bonchev–Trinajstić information content (AvgIpc) is 3.24. The number of ketones is 1. The van der Waals surface area contributed by atoms with Crippen molar-refractivity contribution in [2.24, 2.45) is 0 Å². The number of furan rings is 1. The van der Waals surface area contributed by atoms with Gasteiger partial charge in [0, 0.05) is 11.3 Å². The SMILES string of the molecule is CC(=O)c1ccc(NC(=O)[C@H](C)n2nc(-c3ccco3)oc2=O)cc1. The fraction of sp³-hybridized carbons (Fsp3) is 0.176. The van der Waals surface area contributed by atoms with E-state index in [0.29, 0.717) is 17.0 Å². The van der Waals surface area contributed by atoms with Gasteiger partial charge in [-0.15, -0.1) is 5.10 Å². The van der Waals surface area contributed by atoms with Gasteiger partial charge in [-0.2, -0.15) is 4.68 Å². The number of carbonyl (C=O) groups excluding carboxylic acids is 2. The van der Waals surface area contributed by atoms with E-state index in [1.54, 1.807) is 36.4 Å². The fourth-order valence-electron chi connectivity index (χ4n) is 2.18. The van der Waals surface area contributed by atoms with Gasteiger partial charge in [-0.3, -0.25) is 9.59 Å². The van der Waals surface area contributed by atoms with Gasteiger partial charge in [0.25, 0.3) is 5.89 Å². The Bertz CT molecular complexity index is 951. The van der Waals surface area contributed by atoms with E-state index in [1.807, 2.05) is 0 Å². The van der Waals surface area contributed by atoms with Gasteiger partial charge in [0.15, 0.2) is 11.5 Å². The average molecular weight is 341 g/mol. The third-order valence-electron chi connectivity index (χ3n) is 3.61. The highest BCUT2D eigenvalue weighted by molar-refractivity contribution is 5.96. The van der Waals surface area contributed by atoms with E-state index in [-0.39, 0.29) is 11.7 Å². The van der Waals surface area contributed by atoms with Crippen molar-refractivity contribution in [3.05, 3.63) is 58.8 Å². The molecule has 2 heterocycles. The molecule has 128 valence electrons. The van der Waals surface area contributed by atoms with Gasteiger partial charge < -0.3 is 14.2 Å². The standard InChI is InChI=1S/C17H15N3O5/c1-10(15(22)18-13-7-5-12(6-8-13)11(2)21)20-17(23)25-16(19-20)14-4-3-9-24-14/h3-10H,1-2H3,(H,18,22)/t10-/m0/s1. The number of carbonyl (C=O) groups is 2. The first-order chi connectivity index (χ1) is 12.0. The van der Waals surface area contributed by atoms with Crippen molar-refractivity contribution < 1.29 is 18.4 Å². The molecule has 25 heavy (non-hydrogen) atoms. The second kappa shape index (κ2) is 6.60. The molecular weight excluding hydrogens is 326 g/mol. The quantitative estimate of drug-likeness (QED) is 0.714. The number of Topliss-reactive ketones (excluding diaryl/α,β-unsaturated/α-hetero) is 1. The molecule has 0 aliphatic rings. The number of amides is 1. The molecule has 1 amide bonds. The summed E-state index contributed by atoms with van der Waals surface area (Å²) >= 11 is 0. The molecule has 2 aromatic heterocycles. The summed E-state index contributed by atoms with van der Waals surface area (Å²) in [5.74, 6) is -0.979. The second-order valence-electron chi connectivity index (χ2n) is 5.39. The Morgan fingerprint density at radius 3 is 2.52 bits per heavy atom. The molecule has 0 radical (unpaired) electrons. The first-order valence-corrected chi connectivity index (χ1v) is 7.51. The predicted molar refractivity (Wildman–Crippen MR) is 88.3 cm³/mol. The highest BCUT2D eigenvalue weighted by atomic mass is 16.4. The zero-order valence-corrected chi connectivity index (χ0v) is 13.6. The number of anilines is 1. The van der Waals surface area contributed by atoms with Gasteiger partial charge in [0.2, 0.25) is 5.91 Å². The molecule has 1 atom stereocenters. The molecule has 0 saturated heterocycles. The molecule has 1 N–H and O–H groups in total. The summed E-state index contributed by atoms with van der Waals surface area (Å²) in [5, 5.41) is 6.65. The predicted octanol–water partition coefficient (Wildman–Crippen LogP) is 2.50. The van der Waals surface area contributed by atoms with Crippen molar-refractivity contribution in [2.75, 3.05) is 5.32 Å². The summed E-state index contributed by atoms with van der Waals surface area (Å²) < 4.78 is 11.1. The summed E-state index contributed by atoms with van der Waals surface area (Å²) in [6.45, 7) is 2.98. The highest BCUT2D eigenvalue weighted by Crippen LogP contribution is 2.17. The maximum Gasteiger partial charge on any atom is 0.438 e. The minimum atomic E-state index is -0.896. The molecule has 8 nitrogen and oxygen atoms in total. The zero-order chi connectivity index (χ0) is 18.0. The largest absolute Gasteiger partial charge is 0.459 e. The van der Waals surface area contributed by atoms with Gasteiger partial charge in [-0.05, 0) is 50.2 Å². The van der Waals surface area contributed by atoms with Crippen LogP contribution >= 0.6 is 0 Å². The van der Waals surface area contributed by atoms with E-state index in [1.165, 1.54) is 20.1 Å². The van der Waals surface area contributed by atoms with Crippen LogP contribution in [-0.4, -0.2) is 21.5 Å². The topological polar surface area (TPSA) is 107 Å². The van der Waals surface area contributed by atoms with Crippen molar-refractivity contribution in [1.29, 1.82) is 0 Å². The molecule has 1 aromatic carbocycles. The lowest BCUT2D eigenvalue weighted by molar-refractivity contribution is -0.119. The van der Waals surface area contributed by atoms with Gasteiger partial charge in [-0.1, -0.05) is 0 Å². The van der Waals surface area contributed by atoms with E-state index in [2.05, 4.69) is 10.4 Å². The third kappa shape index (κ3) is 3.42. The molecule has 0 spiro atoms. The lowest BCUT2D eigenvalue weighted by atomic mass is 10.1. The Hall–Kier alpha value is -3.42. The Morgan fingerprint density at radius 2 is 1.92 bits per heavy atom. The van der Waals surface area contributed by atoms with Crippen LogP contribution in [0.1, 0.15) is 30.2 Å². The summed E-state index contributed by atoms with van der Waals surface area (Å²) in [5.41, 5.74) is 1.05. The van der Waals surface area contributed by atoms with Crippen LogP contribution in [-0.2, 0) is 4.79 Å². The number of rotatable bonds is 5. The number of nitrogens with zero attached hydrogens (tertiary/aromatic N) is 2. The van der Waals surface area contributed by atoms with Gasteiger partial charge in [-0.25, -0.2) is 4.79 Å². The normalized spacial score (nSPS) is 11.9. The second-order valence-corrected chi connectivity index (χ2v) is 5.39. The summed E-state index contributed by atoms with van der Waals surface area (Å²) in [6.07, 6.45) is 1.43.